The van der Waals surface area contributed by atoms with Crippen molar-refractivity contribution in [2.24, 2.45) is 5.92 Å². The normalized spacial score (nSPS) is 21.2. The first-order valence-corrected chi connectivity index (χ1v) is 6.76. The molecule has 1 saturated heterocycles. The lowest BCUT2D eigenvalue weighted by Gasteiger charge is -2.06. The molecule has 0 radical (unpaired) electrons. The number of carbonyl (C=O) groups excluding carboxylic acids is 1. The van der Waals surface area contributed by atoms with Crippen LogP contribution in [0, 0.1) is 5.92 Å². The van der Waals surface area contributed by atoms with Gasteiger partial charge < -0.3 is 14.2 Å². The quantitative estimate of drug-likeness (QED) is 0.531. The molecule has 0 bridgehead atoms. The Labute approximate surface area is 112 Å². The monoisotopic (exact) mass is 262 g/mol. The van der Waals surface area contributed by atoms with Crippen LogP contribution in [0.5, 0.6) is 5.75 Å². The minimum absolute atomic E-state index is 0.0257. The molecule has 2 aliphatic rings. The zero-order valence-electron chi connectivity index (χ0n) is 10.8. The van der Waals surface area contributed by atoms with Crippen LogP contribution in [0.4, 0.5) is 0 Å². The van der Waals surface area contributed by atoms with E-state index in [-0.39, 0.29) is 18.5 Å². The third kappa shape index (κ3) is 4.04. The van der Waals surface area contributed by atoms with Gasteiger partial charge in [-0.25, -0.2) is 0 Å². The molecule has 1 aromatic carbocycles. The maximum Gasteiger partial charge on any atom is 0.188 e. The average molecular weight is 262 g/mol. The number of rotatable bonds is 8. The van der Waals surface area contributed by atoms with Crippen LogP contribution in [0.15, 0.2) is 24.3 Å². The van der Waals surface area contributed by atoms with Gasteiger partial charge in [-0.1, -0.05) is 0 Å². The van der Waals surface area contributed by atoms with Gasteiger partial charge in [-0.3, -0.25) is 4.79 Å². The van der Waals surface area contributed by atoms with Gasteiger partial charge in [-0.15, -0.1) is 0 Å². The van der Waals surface area contributed by atoms with Crippen LogP contribution in [0.25, 0.3) is 0 Å². The van der Waals surface area contributed by atoms with E-state index in [4.69, 9.17) is 14.2 Å². The highest BCUT2D eigenvalue weighted by Crippen LogP contribution is 2.28. The molecule has 102 valence electrons. The molecule has 0 amide bonds. The zero-order chi connectivity index (χ0) is 13.1. The van der Waals surface area contributed by atoms with Crippen molar-refractivity contribution >= 4 is 5.78 Å². The van der Waals surface area contributed by atoms with Crippen molar-refractivity contribution in [1.29, 1.82) is 0 Å². The number of hydrogen-bond acceptors (Lipinski definition) is 4. The molecule has 3 rings (SSSR count). The number of ketones is 1. The Morgan fingerprint density at radius 1 is 1.21 bits per heavy atom. The molecule has 19 heavy (non-hydrogen) atoms. The summed E-state index contributed by atoms with van der Waals surface area (Å²) in [5.74, 6) is 1.48. The van der Waals surface area contributed by atoms with Crippen LogP contribution in [-0.4, -0.2) is 38.3 Å². The molecular weight excluding hydrogens is 244 g/mol. The van der Waals surface area contributed by atoms with Crippen LogP contribution in [0.3, 0.4) is 0 Å². The highest BCUT2D eigenvalue weighted by atomic mass is 16.6. The molecule has 4 nitrogen and oxygen atoms in total. The smallest absolute Gasteiger partial charge is 0.188 e. The fourth-order valence-corrected chi connectivity index (χ4v) is 1.78. The first-order valence-electron chi connectivity index (χ1n) is 6.76. The molecule has 0 aromatic heterocycles. The van der Waals surface area contributed by atoms with Gasteiger partial charge in [0.05, 0.1) is 13.2 Å². The van der Waals surface area contributed by atoms with Crippen LogP contribution in [0.1, 0.15) is 23.2 Å². The average Bonchev–Trinajstić information content (AvgIpc) is 3.31. The highest BCUT2D eigenvalue weighted by Gasteiger charge is 2.23. The van der Waals surface area contributed by atoms with Crippen molar-refractivity contribution in [2.75, 3.05) is 26.4 Å². The van der Waals surface area contributed by atoms with Crippen molar-refractivity contribution < 1.29 is 19.0 Å². The maximum absolute atomic E-state index is 11.8. The second-order valence-corrected chi connectivity index (χ2v) is 5.17. The first-order chi connectivity index (χ1) is 9.31. The minimum atomic E-state index is 0.0257. The number of Topliss-reactive ketones (excluding diaryl/α,β-unsaturated/α-hetero) is 1. The molecule has 1 atom stereocenters. The first kappa shape index (κ1) is 12.6. The molecule has 1 aliphatic heterocycles. The summed E-state index contributed by atoms with van der Waals surface area (Å²) in [6.07, 6.45) is 2.73. The second kappa shape index (κ2) is 5.72. The van der Waals surface area contributed by atoms with E-state index in [0.717, 1.165) is 12.4 Å². The van der Waals surface area contributed by atoms with Gasteiger partial charge in [-0.05, 0) is 43.0 Å². The Morgan fingerprint density at radius 3 is 2.58 bits per heavy atom. The lowest BCUT2D eigenvalue weighted by molar-refractivity contribution is 0.0740. The molecule has 1 heterocycles. The van der Waals surface area contributed by atoms with Crippen molar-refractivity contribution in [3.63, 3.8) is 0 Å². The van der Waals surface area contributed by atoms with Crippen molar-refractivity contribution in [3.8, 4) is 5.75 Å². The third-order valence-electron chi connectivity index (χ3n) is 3.30. The summed E-state index contributed by atoms with van der Waals surface area (Å²) in [6.45, 7) is 2.26. The molecule has 1 aliphatic carbocycles. The van der Waals surface area contributed by atoms with E-state index in [2.05, 4.69) is 0 Å². The van der Waals surface area contributed by atoms with Crippen LogP contribution < -0.4 is 4.74 Å². The number of ether oxygens (including phenoxy) is 3. The zero-order valence-corrected chi connectivity index (χ0v) is 10.8. The number of epoxide rings is 1. The van der Waals surface area contributed by atoms with Crippen molar-refractivity contribution in [3.05, 3.63) is 29.8 Å². The van der Waals surface area contributed by atoms with Gasteiger partial charge >= 0.3 is 0 Å². The fraction of sp³-hybridized carbons (Fsp3) is 0.533. The molecule has 2 fully saturated rings. The number of carbonyl (C=O) groups is 1. The van der Waals surface area contributed by atoms with Gasteiger partial charge in [0.2, 0.25) is 0 Å². The predicted octanol–water partition coefficient (Wildman–Crippen LogP) is 2.07. The van der Waals surface area contributed by atoms with E-state index in [1.54, 1.807) is 12.1 Å². The van der Waals surface area contributed by atoms with Crippen LogP contribution in [-0.2, 0) is 9.47 Å². The predicted molar refractivity (Wildman–Crippen MR) is 69.6 cm³/mol. The standard InChI is InChI=1S/C15H18O4/c16-15(10-17-7-11-1-2-11)12-3-5-13(6-4-12)18-8-14-9-19-14/h3-6,11,14H,1-2,7-10H2. The Balaban J connectivity index is 1.44. The van der Waals surface area contributed by atoms with Crippen molar-refractivity contribution in [1.82, 2.24) is 0 Å². The molecule has 0 N–H and O–H groups in total. The van der Waals surface area contributed by atoms with Crippen molar-refractivity contribution in [2.45, 2.75) is 18.9 Å². The Kier molecular flexibility index (Phi) is 3.80. The van der Waals surface area contributed by atoms with Gasteiger partial charge in [-0.2, -0.15) is 0 Å². The topological polar surface area (TPSA) is 48.1 Å². The lowest BCUT2D eigenvalue weighted by Crippen LogP contribution is -2.10. The Hall–Kier alpha value is -1.39. The summed E-state index contributed by atoms with van der Waals surface area (Å²) in [5.41, 5.74) is 0.672. The fourth-order valence-electron chi connectivity index (χ4n) is 1.78. The molecule has 4 heteroatoms. The van der Waals surface area contributed by atoms with E-state index in [0.29, 0.717) is 24.7 Å². The van der Waals surface area contributed by atoms with E-state index >= 15 is 0 Å². The highest BCUT2D eigenvalue weighted by molar-refractivity contribution is 5.97. The van der Waals surface area contributed by atoms with Gasteiger partial charge in [0, 0.05) is 5.56 Å². The number of hydrogen-bond donors (Lipinski definition) is 0. The van der Waals surface area contributed by atoms with Gasteiger partial charge in [0.15, 0.2) is 5.78 Å². The summed E-state index contributed by atoms with van der Waals surface area (Å²) in [7, 11) is 0. The molecule has 1 unspecified atom stereocenters. The van der Waals surface area contributed by atoms with Crippen LogP contribution in [0.2, 0.25) is 0 Å². The Bertz CT molecular complexity index is 432. The molecular formula is C15H18O4. The summed E-state index contributed by atoms with van der Waals surface area (Å²) < 4.78 is 16.0. The SMILES string of the molecule is O=C(COCC1CC1)c1ccc(OCC2CO2)cc1. The Morgan fingerprint density at radius 2 is 1.95 bits per heavy atom. The van der Waals surface area contributed by atoms with E-state index < -0.39 is 0 Å². The summed E-state index contributed by atoms with van der Waals surface area (Å²) in [4.78, 5) is 11.8. The molecule has 1 saturated carbocycles. The van der Waals surface area contributed by atoms with E-state index in [1.165, 1.54) is 12.8 Å². The van der Waals surface area contributed by atoms with Gasteiger partial charge in [0.1, 0.15) is 25.1 Å². The lowest BCUT2D eigenvalue weighted by atomic mass is 10.1. The summed E-state index contributed by atoms with van der Waals surface area (Å²) >= 11 is 0. The second-order valence-electron chi connectivity index (χ2n) is 5.17. The summed E-state index contributed by atoms with van der Waals surface area (Å²) in [5, 5.41) is 0. The van der Waals surface area contributed by atoms with Gasteiger partial charge in [0.25, 0.3) is 0 Å². The van der Waals surface area contributed by atoms with E-state index in [1.807, 2.05) is 12.1 Å². The minimum Gasteiger partial charge on any atom is -0.491 e. The molecule has 0 spiro atoms. The third-order valence-corrected chi connectivity index (χ3v) is 3.30. The summed E-state index contributed by atoms with van der Waals surface area (Å²) in [6, 6.07) is 7.20. The van der Waals surface area contributed by atoms with E-state index in [9.17, 15) is 4.79 Å². The van der Waals surface area contributed by atoms with Crippen LogP contribution >= 0.6 is 0 Å². The largest absolute Gasteiger partial charge is 0.491 e. The number of benzene rings is 1. The maximum atomic E-state index is 11.8. The molecule has 1 aromatic rings.